The third kappa shape index (κ3) is 12.9. The Morgan fingerprint density at radius 3 is 0.886 bits per heavy atom. The van der Waals surface area contributed by atoms with Gasteiger partial charge < -0.3 is 0 Å². The number of nitrogens with zero attached hydrogens (tertiary/aromatic N) is 8. The van der Waals surface area contributed by atoms with Crippen LogP contribution in [0.2, 0.25) is 0 Å². The molecule has 0 amide bonds. The zero-order valence-corrected chi connectivity index (χ0v) is 67.2. The molecular weight excluding hydrogens is 1280 g/mol. The van der Waals surface area contributed by atoms with Crippen LogP contribution in [0, 0.1) is 69.2 Å². The summed E-state index contributed by atoms with van der Waals surface area (Å²) in [6.45, 7) is 44.0. The van der Waals surface area contributed by atoms with Crippen LogP contribution in [-0.4, -0.2) is 19.9 Å². The van der Waals surface area contributed by atoms with Gasteiger partial charge in [-0.05, 0) is 225 Å². The minimum atomic E-state index is -2.11. The molecular formula is C97H110N8+4. The number of pyridine rings is 8. The van der Waals surface area contributed by atoms with Gasteiger partial charge in [0.05, 0.1) is 22.8 Å². The predicted octanol–water partition coefficient (Wildman–Crippen LogP) is 20.9. The Morgan fingerprint density at radius 2 is 0.600 bits per heavy atom. The molecule has 12 aromatic rings. The maximum absolute atomic E-state index is 7.78. The van der Waals surface area contributed by atoms with Crippen molar-refractivity contribution in [3.05, 3.63) is 282 Å². The Labute approximate surface area is 631 Å². The van der Waals surface area contributed by atoms with Crippen molar-refractivity contribution in [1.29, 1.82) is 0 Å². The molecule has 8 heteroatoms. The van der Waals surface area contributed by atoms with E-state index in [2.05, 4.69) is 318 Å². The molecule has 4 aromatic carbocycles. The maximum atomic E-state index is 7.78. The van der Waals surface area contributed by atoms with E-state index >= 15 is 0 Å². The molecule has 534 valence electrons. The SMILES string of the molecule is CCc1cc[n+](C)c(-c2cc3c(cc2C)C(C)(C)c2nc(C)ccc2-3)c1.CCc1cc[n+](C)c(-c2cc3c(cc2C)C(C)(C)c2nc(C)ccc2-3)c1.Cc1ccc2c(n1)C(C)(C)c1cc(C)c(-c3cc(C(C)C)cc[n+]3C)cc1-2.[2H]C([2H])([2H])c1c[n+](C)c(-c2cc3c(cc2C)C(C)(C)c2nc(C)ccc2-3)cc1C. The summed E-state index contributed by atoms with van der Waals surface area (Å²) < 4.78 is 32.0. The first-order valence-electron chi connectivity index (χ1n) is 39.3. The van der Waals surface area contributed by atoms with Gasteiger partial charge >= 0.3 is 0 Å². The minimum absolute atomic E-state index is 0.0482. The second kappa shape index (κ2) is 27.2. The zero-order valence-electron chi connectivity index (χ0n) is 70.2. The summed E-state index contributed by atoms with van der Waals surface area (Å²) in [6.07, 6.45) is 10.4. The first-order chi connectivity index (χ1) is 50.8. The van der Waals surface area contributed by atoms with Crippen molar-refractivity contribution in [2.45, 2.75) is 193 Å². The van der Waals surface area contributed by atoms with E-state index in [-0.39, 0.29) is 21.7 Å². The Hall–Kier alpha value is -9.92. The summed E-state index contributed by atoms with van der Waals surface area (Å²) in [5.74, 6) is 0.520. The largest absolute Gasteiger partial charge is 0.257 e. The normalized spacial score (nSPS) is 14.8. The first kappa shape index (κ1) is 69.4. The van der Waals surface area contributed by atoms with Crippen LogP contribution in [-0.2, 0) is 62.7 Å². The molecule has 0 radical (unpaired) electrons. The molecule has 0 saturated carbocycles. The van der Waals surface area contributed by atoms with Gasteiger partial charge in [-0.2, -0.15) is 0 Å². The van der Waals surface area contributed by atoms with Crippen LogP contribution in [0.25, 0.3) is 89.5 Å². The highest BCUT2D eigenvalue weighted by molar-refractivity contribution is 5.88. The van der Waals surface area contributed by atoms with E-state index < -0.39 is 6.85 Å². The number of hydrogen-bond donors (Lipinski definition) is 0. The molecule has 8 aromatic heterocycles. The van der Waals surface area contributed by atoms with Crippen LogP contribution in [0.4, 0.5) is 0 Å². The number of aryl methyl sites for hydroxylation is 16. The molecule has 0 N–H and O–H groups in total. The van der Waals surface area contributed by atoms with E-state index in [4.69, 9.17) is 24.0 Å². The molecule has 0 atom stereocenters. The average molecular weight is 1390 g/mol. The molecule has 0 unspecified atom stereocenters. The summed E-state index contributed by atoms with van der Waals surface area (Å²) in [5, 5.41) is 0. The van der Waals surface area contributed by atoms with Crippen molar-refractivity contribution in [1.82, 2.24) is 19.9 Å². The zero-order chi connectivity index (χ0) is 78.1. The van der Waals surface area contributed by atoms with Crippen molar-refractivity contribution in [2.75, 3.05) is 0 Å². The fourth-order valence-electron chi connectivity index (χ4n) is 16.8. The summed E-state index contributed by atoms with van der Waals surface area (Å²) in [7, 11) is 8.31. The van der Waals surface area contributed by atoms with Gasteiger partial charge in [-0.1, -0.05) is 132 Å². The van der Waals surface area contributed by atoms with E-state index in [9.17, 15) is 0 Å². The molecule has 8 nitrogen and oxygen atoms in total. The van der Waals surface area contributed by atoms with Gasteiger partial charge in [0.1, 0.15) is 28.2 Å². The van der Waals surface area contributed by atoms with Crippen molar-refractivity contribution in [3.8, 4) is 89.5 Å². The minimum Gasteiger partial charge on any atom is -0.257 e. The lowest BCUT2D eigenvalue weighted by atomic mass is 9.83. The van der Waals surface area contributed by atoms with Crippen LogP contribution in [0.3, 0.4) is 0 Å². The third-order valence-corrected chi connectivity index (χ3v) is 23.5. The number of fused-ring (bicyclic) bond motifs is 12. The lowest BCUT2D eigenvalue weighted by Gasteiger charge is -2.21. The number of rotatable bonds is 7. The Morgan fingerprint density at radius 1 is 0.314 bits per heavy atom. The van der Waals surface area contributed by atoms with Gasteiger partial charge in [0.25, 0.3) is 0 Å². The van der Waals surface area contributed by atoms with E-state index in [0.29, 0.717) is 11.5 Å². The summed E-state index contributed by atoms with van der Waals surface area (Å²) >= 11 is 0. The molecule has 0 spiro atoms. The third-order valence-electron chi connectivity index (χ3n) is 23.5. The molecule has 0 bridgehead atoms. The number of benzene rings is 4. The molecule has 8 heterocycles. The first-order valence-corrected chi connectivity index (χ1v) is 37.8. The van der Waals surface area contributed by atoms with Crippen LogP contribution in [0.5, 0.6) is 0 Å². The Balaban J connectivity index is 0.000000127. The van der Waals surface area contributed by atoms with Crippen LogP contribution < -0.4 is 18.3 Å². The number of hydrogen-bond acceptors (Lipinski definition) is 4. The van der Waals surface area contributed by atoms with E-state index in [1.807, 2.05) is 31.5 Å². The highest BCUT2D eigenvalue weighted by Gasteiger charge is 2.42. The van der Waals surface area contributed by atoms with E-state index in [0.717, 1.165) is 58.1 Å². The van der Waals surface area contributed by atoms with Gasteiger partial charge in [-0.25, -0.2) is 18.3 Å². The topological polar surface area (TPSA) is 67.1 Å². The smallest absolute Gasteiger partial charge is 0.212 e. The molecule has 0 aliphatic heterocycles. The van der Waals surface area contributed by atoms with Gasteiger partial charge in [0.2, 0.25) is 22.8 Å². The fourth-order valence-corrected chi connectivity index (χ4v) is 16.8. The van der Waals surface area contributed by atoms with Crippen LogP contribution >= 0.6 is 0 Å². The monoisotopic (exact) mass is 1390 g/mol. The highest BCUT2D eigenvalue weighted by Crippen LogP contribution is 2.54. The molecule has 0 saturated heterocycles. The summed E-state index contributed by atoms with van der Waals surface area (Å²) in [4.78, 5) is 19.5. The van der Waals surface area contributed by atoms with Crippen LogP contribution in [0.15, 0.2) is 164 Å². The van der Waals surface area contributed by atoms with Crippen LogP contribution in [0.1, 0.15) is 211 Å². The maximum Gasteiger partial charge on any atom is 0.212 e. The second-order valence-corrected chi connectivity index (χ2v) is 33.0. The predicted molar refractivity (Wildman–Crippen MR) is 434 cm³/mol. The quantitative estimate of drug-likeness (QED) is 0.149. The Kier molecular flexibility index (Phi) is 18.0. The number of aromatic nitrogens is 8. The molecule has 105 heavy (non-hydrogen) atoms. The highest BCUT2D eigenvalue weighted by atomic mass is 14.9. The fraction of sp³-hybridized carbons (Fsp3) is 0.340. The van der Waals surface area contributed by atoms with Crippen molar-refractivity contribution >= 4 is 0 Å². The van der Waals surface area contributed by atoms with Gasteiger partial charge in [0, 0.05) is 141 Å². The summed E-state index contributed by atoms with van der Waals surface area (Å²) in [6, 6.07) is 51.8. The average Bonchev–Trinajstić information content (AvgIpc) is 1.59. The van der Waals surface area contributed by atoms with Crippen molar-refractivity contribution in [2.24, 2.45) is 28.2 Å². The second-order valence-electron chi connectivity index (χ2n) is 33.0. The van der Waals surface area contributed by atoms with Gasteiger partial charge in [-0.15, -0.1) is 0 Å². The van der Waals surface area contributed by atoms with E-state index in [1.54, 1.807) is 6.20 Å². The molecule has 0 fully saturated rings. The van der Waals surface area contributed by atoms with Gasteiger partial charge in [-0.3, -0.25) is 19.9 Å². The molecule has 4 aliphatic carbocycles. The Bertz CT molecular complexity index is 5500. The standard InChI is InChI=1S/C25H29N2.3C24H27N2/c1-15(2)18-10-11-27(7)23(13-18)20-14-21-19-9-8-17(4)26-24(19)25(5,6)22(21)12-16(20)3;1-14-11-22(26(7)13-16(14)3)19-12-20-18-9-8-17(4)25-23(18)24(5,6)21(20)10-15(19)2;2*1-7-17-10-11-26(6)22(13-17)19-14-20-18-9-8-16(3)25-23(18)24(4,5)21(20)12-15(19)2/h8-15H,1-7H3;8-13H,1-7H3;2*8-14H,7H2,1-6H3/q4*+1/i;3D3;;. The lowest BCUT2D eigenvalue weighted by molar-refractivity contribution is -0.660. The van der Waals surface area contributed by atoms with E-state index in [1.165, 1.54) is 157 Å². The van der Waals surface area contributed by atoms with Gasteiger partial charge in [0.15, 0.2) is 24.8 Å². The summed E-state index contributed by atoms with van der Waals surface area (Å²) in [5.41, 5.74) is 44.8. The molecule has 16 rings (SSSR count). The molecule has 4 aliphatic rings. The van der Waals surface area contributed by atoms with Crippen molar-refractivity contribution in [3.63, 3.8) is 0 Å². The van der Waals surface area contributed by atoms with Crippen molar-refractivity contribution < 1.29 is 22.4 Å². The lowest BCUT2D eigenvalue weighted by Crippen LogP contribution is -2.31.